The molecule has 0 aliphatic rings. The lowest BCUT2D eigenvalue weighted by molar-refractivity contribution is -0.139. The highest BCUT2D eigenvalue weighted by Crippen LogP contribution is 2.11. The summed E-state index contributed by atoms with van der Waals surface area (Å²) in [5.41, 5.74) is 6.96. The van der Waals surface area contributed by atoms with Gasteiger partial charge in [-0.3, -0.25) is 19.2 Å². The zero-order valence-electron chi connectivity index (χ0n) is 19.3. The van der Waals surface area contributed by atoms with Gasteiger partial charge in [0.1, 0.15) is 18.6 Å². The van der Waals surface area contributed by atoms with Crippen LogP contribution in [-0.2, 0) is 25.6 Å². The van der Waals surface area contributed by atoms with Crippen LogP contribution in [0.2, 0.25) is 0 Å². The minimum Gasteiger partial charge on any atom is -0.480 e. The maximum Gasteiger partial charge on any atom is 0.322 e. The van der Waals surface area contributed by atoms with Crippen molar-refractivity contribution in [2.24, 2.45) is 17.6 Å². The molecule has 4 unspecified atom stereocenters. The second-order valence-electron chi connectivity index (χ2n) is 8.47. The fourth-order valence-corrected chi connectivity index (χ4v) is 3.17. The number of hydrogen-bond donors (Lipinski definition) is 5. The van der Waals surface area contributed by atoms with Gasteiger partial charge in [0.15, 0.2) is 0 Å². The van der Waals surface area contributed by atoms with Gasteiger partial charge >= 0.3 is 5.97 Å². The molecule has 0 aliphatic carbocycles. The molecule has 0 saturated heterocycles. The average Bonchev–Trinajstić information content (AvgIpc) is 2.74. The first-order valence-corrected chi connectivity index (χ1v) is 10.9. The van der Waals surface area contributed by atoms with E-state index < -0.39 is 48.4 Å². The second-order valence-corrected chi connectivity index (χ2v) is 8.47. The van der Waals surface area contributed by atoms with E-state index in [2.05, 4.69) is 16.0 Å². The number of carboxylic acid groups (broad SMARTS) is 1. The van der Waals surface area contributed by atoms with E-state index in [-0.39, 0.29) is 11.8 Å². The van der Waals surface area contributed by atoms with Crippen molar-refractivity contribution in [2.75, 3.05) is 6.54 Å². The average molecular weight is 449 g/mol. The molecule has 0 bridgehead atoms. The van der Waals surface area contributed by atoms with Gasteiger partial charge in [-0.1, -0.05) is 64.4 Å². The molecule has 0 heterocycles. The van der Waals surface area contributed by atoms with E-state index in [4.69, 9.17) is 10.8 Å². The number of carboxylic acids is 1. The Morgan fingerprint density at radius 1 is 0.969 bits per heavy atom. The van der Waals surface area contributed by atoms with Crippen LogP contribution in [0, 0.1) is 11.8 Å². The predicted molar refractivity (Wildman–Crippen MR) is 122 cm³/mol. The van der Waals surface area contributed by atoms with Crippen molar-refractivity contribution in [2.45, 2.75) is 65.1 Å². The molecular formula is C23H36N4O5. The number of carbonyl (C=O) groups excluding carboxylic acids is 3. The van der Waals surface area contributed by atoms with Crippen molar-refractivity contribution in [1.82, 2.24) is 16.0 Å². The molecule has 178 valence electrons. The van der Waals surface area contributed by atoms with Crippen LogP contribution in [0.25, 0.3) is 0 Å². The molecule has 0 aliphatic heterocycles. The number of hydrogen-bond acceptors (Lipinski definition) is 5. The van der Waals surface area contributed by atoms with Crippen LogP contribution in [-0.4, -0.2) is 53.5 Å². The van der Waals surface area contributed by atoms with Crippen LogP contribution >= 0.6 is 0 Å². The van der Waals surface area contributed by atoms with Crippen LogP contribution in [0.5, 0.6) is 0 Å². The molecule has 32 heavy (non-hydrogen) atoms. The Hall–Kier alpha value is -2.94. The molecule has 0 radical (unpaired) electrons. The molecule has 0 fully saturated rings. The zero-order chi connectivity index (χ0) is 24.3. The molecule has 0 saturated carbocycles. The van der Waals surface area contributed by atoms with E-state index in [9.17, 15) is 19.2 Å². The van der Waals surface area contributed by atoms with E-state index in [1.807, 2.05) is 51.1 Å². The van der Waals surface area contributed by atoms with Crippen molar-refractivity contribution in [3.8, 4) is 0 Å². The van der Waals surface area contributed by atoms with E-state index in [1.165, 1.54) is 0 Å². The molecule has 6 N–H and O–H groups in total. The normalized spacial score (nSPS) is 14.7. The first-order chi connectivity index (χ1) is 15.0. The zero-order valence-corrected chi connectivity index (χ0v) is 19.3. The monoisotopic (exact) mass is 448 g/mol. The van der Waals surface area contributed by atoms with Gasteiger partial charge in [-0.05, 0) is 30.2 Å². The fourth-order valence-electron chi connectivity index (χ4n) is 3.17. The Balaban J connectivity index is 2.88. The molecule has 0 spiro atoms. The van der Waals surface area contributed by atoms with Crippen LogP contribution in [0.3, 0.4) is 0 Å². The van der Waals surface area contributed by atoms with Gasteiger partial charge in [-0.25, -0.2) is 0 Å². The van der Waals surface area contributed by atoms with Crippen molar-refractivity contribution < 1.29 is 24.3 Å². The summed E-state index contributed by atoms with van der Waals surface area (Å²) in [5, 5.41) is 16.5. The summed E-state index contributed by atoms with van der Waals surface area (Å²) in [4.78, 5) is 48.9. The number of benzene rings is 1. The molecule has 1 aromatic rings. The van der Waals surface area contributed by atoms with Crippen LogP contribution in [0.4, 0.5) is 0 Å². The standard InChI is InChI=1S/C23H36N4O5/c1-5-15(4)20(23(32)25-13-19(28)29)27-22(31)18(11-14(2)3)26-21(30)17(24)12-16-9-7-6-8-10-16/h6-10,14-15,17-18,20H,5,11-13,24H2,1-4H3,(H,25,32)(H,26,30)(H,27,31)(H,28,29). The Labute approximate surface area is 189 Å². The third-order valence-electron chi connectivity index (χ3n) is 5.18. The highest BCUT2D eigenvalue weighted by molar-refractivity contribution is 5.93. The maximum absolute atomic E-state index is 13.0. The Bertz CT molecular complexity index is 769. The van der Waals surface area contributed by atoms with Crippen LogP contribution in [0.1, 0.15) is 46.1 Å². The Kier molecular flexibility index (Phi) is 11.4. The first kappa shape index (κ1) is 27.1. The molecule has 3 amide bonds. The minimum atomic E-state index is -1.18. The van der Waals surface area contributed by atoms with Gasteiger partial charge in [0.05, 0.1) is 6.04 Å². The molecule has 1 aromatic carbocycles. The SMILES string of the molecule is CCC(C)C(NC(=O)C(CC(C)C)NC(=O)C(N)Cc1ccccc1)C(=O)NCC(=O)O. The van der Waals surface area contributed by atoms with Crippen molar-refractivity contribution in [1.29, 1.82) is 0 Å². The quantitative estimate of drug-likeness (QED) is 0.301. The third kappa shape index (κ3) is 9.47. The number of carbonyl (C=O) groups is 4. The summed E-state index contributed by atoms with van der Waals surface area (Å²) < 4.78 is 0. The Morgan fingerprint density at radius 3 is 2.12 bits per heavy atom. The van der Waals surface area contributed by atoms with Gasteiger partial charge < -0.3 is 26.8 Å². The summed E-state index contributed by atoms with van der Waals surface area (Å²) in [7, 11) is 0. The summed E-state index contributed by atoms with van der Waals surface area (Å²) in [5.74, 6) is -2.85. The summed E-state index contributed by atoms with van der Waals surface area (Å²) in [6.07, 6.45) is 1.28. The number of aliphatic carboxylic acids is 1. The molecule has 1 rings (SSSR count). The van der Waals surface area contributed by atoms with Crippen molar-refractivity contribution in [3.05, 3.63) is 35.9 Å². The second kappa shape index (κ2) is 13.5. The topological polar surface area (TPSA) is 151 Å². The predicted octanol–water partition coefficient (Wildman–Crippen LogP) is 0.819. The molecule has 0 aromatic heterocycles. The van der Waals surface area contributed by atoms with Gasteiger partial charge in [0.25, 0.3) is 0 Å². The summed E-state index contributed by atoms with van der Waals surface area (Å²) >= 11 is 0. The lowest BCUT2D eigenvalue weighted by Crippen LogP contribution is -2.58. The van der Waals surface area contributed by atoms with Gasteiger partial charge in [-0.15, -0.1) is 0 Å². The van der Waals surface area contributed by atoms with E-state index in [0.29, 0.717) is 19.3 Å². The fraction of sp³-hybridized carbons (Fsp3) is 0.565. The smallest absolute Gasteiger partial charge is 0.322 e. The lowest BCUT2D eigenvalue weighted by atomic mass is 9.96. The van der Waals surface area contributed by atoms with Crippen molar-refractivity contribution in [3.63, 3.8) is 0 Å². The van der Waals surface area contributed by atoms with Crippen LogP contribution in [0.15, 0.2) is 30.3 Å². The molecular weight excluding hydrogens is 412 g/mol. The maximum atomic E-state index is 13.0. The van der Waals surface area contributed by atoms with E-state index >= 15 is 0 Å². The highest BCUT2D eigenvalue weighted by Gasteiger charge is 2.31. The van der Waals surface area contributed by atoms with Gasteiger partial charge in [-0.2, -0.15) is 0 Å². The highest BCUT2D eigenvalue weighted by atomic mass is 16.4. The van der Waals surface area contributed by atoms with Gasteiger partial charge in [0.2, 0.25) is 17.7 Å². The summed E-state index contributed by atoms with van der Waals surface area (Å²) in [6.45, 7) is 6.95. The largest absolute Gasteiger partial charge is 0.480 e. The molecule has 4 atom stereocenters. The van der Waals surface area contributed by atoms with Gasteiger partial charge in [0, 0.05) is 0 Å². The third-order valence-corrected chi connectivity index (χ3v) is 5.18. The lowest BCUT2D eigenvalue weighted by Gasteiger charge is -2.27. The van der Waals surface area contributed by atoms with Crippen molar-refractivity contribution >= 4 is 23.7 Å². The number of nitrogens with one attached hydrogen (secondary N) is 3. The Morgan fingerprint density at radius 2 is 1.59 bits per heavy atom. The summed E-state index contributed by atoms with van der Waals surface area (Å²) in [6, 6.07) is 6.72. The van der Waals surface area contributed by atoms with E-state index in [0.717, 1.165) is 5.56 Å². The van der Waals surface area contributed by atoms with Crippen LogP contribution < -0.4 is 21.7 Å². The molecule has 9 heteroatoms. The minimum absolute atomic E-state index is 0.0966. The number of nitrogens with two attached hydrogens (primary N) is 1. The number of rotatable bonds is 13. The molecule has 9 nitrogen and oxygen atoms in total. The first-order valence-electron chi connectivity index (χ1n) is 10.9. The van der Waals surface area contributed by atoms with E-state index in [1.54, 1.807) is 6.92 Å². The number of amides is 3.